The van der Waals surface area contributed by atoms with Gasteiger partial charge in [-0.1, -0.05) is 0 Å². The zero-order valence-corrected chi connectivity index (χ0v) is 6.40. The van der Waals surface area contributed by atoms with Gasteiger partial charge >= 0.3 is 0 Å². The minimum Gasteiger partial charge on any atom is -0.372 e. The molecule has 1 rings (SSSR count). The highest BCUT2D eigenvalue weighted by molar-refractivity contribution is 4.70. The Kier molecular flexibility index (Phi) is 2.94. The van der Waals surface area contributed by atoms with Gasteiger partial charge in [-0.15, -0.1) is 10.2 Å². The Morgan fingerprint density at radius 1 is 1.64 bits per heavy atom. The topological polar surface area (TPSA) is 78.8 Å². The maximum Gasteiger partial charge on any atom is 0.200 e. The Hall–Kier alpha value is -1.01. The quantitative estimate of drug-likeness (QED) is 0.549. The maximum atomic E-state index is 5.21. The average Bonchev–Trinajstić information content (AvgIpc) is 2.37. The Labute approximate surface area is 64.3 Å². The number of tetrazole rings is 1. The van der Waals surface area contributed by atoms with Crippen molar-refractivity contribution >= 4 is 0 Å². The molecular formula is C5H11N5O. The molecular weight excluding hydrogens is 146 g/mol. The lowest BCUT2D eigenvalue weighted by Crippen LogP contribution is -2.08. The molecule has 0 aromatic carbocycles. The molecule has 0 fully saturated rings. The van der Waals surface area contributed by atoms with Crippen LogP contribution in [0.15, 0.2) is 0 Å². The average molecular weight is 157 g/mol. The van der Waals surface area contributed by atoms with Crippen LogP contribution in [0.5, 0.6) is 0 Å². The van der Waals surface area contributed by atoms with E-state index in [1.54, 1.807) is 7.05 Å². The first kappa shape index (κ1) is 8.09. The fourth-order valence-corrected chi connectivity index (χ4v) is 0.628. The van der Waals surface area contributed by atoms with E-state index in [-0.39, 0.29) is 0 Å². The normalized spacial score (nSPS) is 10.4. The Morgan fingerprint density at radius 3 is 3.00 bits per heavy atom. The number of hydrogen-bond donors (Lipinski definition) is 1. The van der Waals surface area contributed by atoms with Crippen molar-refractivity contribution < 1.29 is 4.74 Å². The SMILES string of the molecule is Cn1nnc(COCCN)n1. The summed E-state index contributed by atoms with van der Waals surface area (Å²) in [6.07, 6.45) is 0. The summed E-state index contributed by atoms with van der Waals surface area (Å²) in [6.45, 7) is 1.42. The zero-order valence-electron chi connectivity index (χ0n) is 6.40. The third-order valence-electron chi connectivity index (χ3n) is 1.04. The molecule has 2 N–H and O–H groups in total. The standard InChI is InChI=1S/C5H11N5O/c1-10-8-5(7-9-10)4-11-3-2-6/h2-4,6H2,1H3. The van der Waals surface area contributed by atoms with Gasteiger partial charge in [0.25, 0.3) is 0 Å². The van der Waals surface area contributed by atoms with Crippen molar-refractivity contribution in [3.63, 3.8) is 0 Å². The maximum absolute atomic E-state index is 5.21. The molecule has 0 unspecified atom stereocenters. The molecule has 11 heavy (non-hydrogen) atoms. The molecule has 6 nitrogen and oxygen atoms in total. The van der Waals surface area contributed by atoms with Crippen LogP contribution in [0.1, 0.15) is 5.82 Å². The van der Waals surface area contributed by atoms with Crippen molar-refractivity contribution in [1.82, 2.24) is 20.2 Å². The molecule has 0 atom stereocenters. The first-order valence-electron chi connectivity index (χ1n) is 3.33. The van der Waals surface area contributed by atoms with Crippen LogP contribution in [0.25, 0.3) is 0 Å². The van der Waals surface area contributed by atoms with Crippen LogP contribution in [0, 0.1) is 0 Å². The summed E-state index contributed by atoms with van der Waals surface area (Å²) in [4.78, 5) is 1.39. The summed E-state index contributed by atoms with van der Waals surface area (Å²) < 4.78 is 5.08. The number of nitrogens with zero attached hydrogens (tertiary/aromatic N) is 4. The lowest BCUT2D eigenvalue weighted by molar-refractivity contribution is 0.122. The van der Waals surface area contributed by atoms with Crippen LogP contribution in [-0.2, 0) is 18.4 Å². The van der Waals surface area contributed by atoms with Gasteiger partial charge in [-0.25, -0.2) is 0 Å². The van der Waals surface area contributed by atoms with Crippen molar-refractivity contribution in [1.29, 1.82) is 0 Å². The summed E-state index contributed by atoms with van der Waals surface area (Å²) in [5, 5.41) is 11.3. The van der Waals surface area contributed by atoms with E-state index in [0.717, 1.165) is 0 Å². The number of hydrogen-bond acceptors (Lipinski definition) is 5. The second-order valence-corrected chi connectivity index (χ2v) is 2.04. The molecule has 0 spiro atoms. The molecule has 0 saturated heterocycles. The van der Waals surface area contributed by atoms with Gasteiger partial charge in [0.1, 0.15) is 6.61 Å². The lowest BCUT2D eigenvalue weighted by atomic mass is 10.6. The van der Waals surface area contributed by atoms with Crippen molar-refractivity contribution in [3.05, 3.63) is 5.82 Å². The van der Waals surface area contributed by atoms with Crippen LogP contribution >= 0.6 is 0 Å². The Bertz CT molecular complexity index is 210. The lowest BCUT2D eigenvalue weighted by Gasteiger charge is -1.95. The molecule has 0 radical (unpaired) electrons. The third-order valence-corrected chi connectivity index (χ3v) is 1.04. The van der Waals surface area contributed by atoms with E-state index >= 15 is 0 Å². The van der Waals surface area contributed by atoms with E-state index < -0.39 is 0 Å². The second kappa shape index (κ2) is 3.99. The van der Waals surface area contributed by atoms with Gasteiger partial charge in [0.15, 0.2) is 5.82 Å². The van der Waals surface area contributed by atoms with E-state index in [1.165, 1.54) is 4.80 Å². The molecule has 0 amide bonds. The van der Waals surface area contributed by atoms with Crippen LogP contribution in [-0.4, -0.2) is 33.4 Å². The minimum absolute atomic E-state index is 0.380. The van der Waals surface area contributed by atoms with E-state index in [9.17, 15) is 0 Å². The molecule has 1 aromatic rings. The molecule has 0 aliphatic carbocycles. The molecule has 0 aliphatic rings. The van der Waals surface area contributed by atoms with Crippen molar-refractivity contribution in [3.8, 4) is 0 Å². The van der Waals surface area contributed by atoms with Gasteiger partial charge in [-0.05, 0) is 5.21 Å². The fourth-order valence-electron chi connectivity index (χ4n) is 0.628. The van der Waals surface area contributed by atoms with Gasteiger partial charge in [0.05, 0.1) is 13.7 Å². The Morgan fingerprint density at radius 2 is 2.45 bits per heavy atom. The molecule has 62 valence electrons. The third kappa shape index (κ3) is 2.60. The van der Waals surface area contributed by atoms with E-state index in [0.29, 0.717) is 25.6 Å². The Balaban J connectivity index is 2.27. The molecule has 1 heterocycles. The monoisotopic (exact) mass is 157 g/mol. The van der Waals surface area contributed by atoms with Crippen LogP contribution < -0.4 is 5.73 Å². The largest absolute Gasteiger partial charge is 0.372 e. The summed E-state index contributed by atoms with van der Waals surface area (Å²) in [5.41, 5.74) is 5.21. The smallest absolute Gasteiger partial charge is 0.200 e. The second-order valence-electron chi connectivity index (χ2n) is 2.04. The molecule has 6 heteroatoms. The van der Waals surface area contributed by atoms with E-state index in [1.807, 2.05) is 0 Å². The fraction of sp³-hybridized carbons (Fsp3) is 0.800. The number of nitrogens with two attached hydrogens (primary N) is 1. The minimum atomic E-state index is 0.380. The summed E-state index contributed by atoms with van der Waals surface area (Å²) in [7, 11) is 1.71. The highest BCUT2D eigenvalue weighted by Gasteiger charge is 1.98. The highest BCUT2D eigenvalue weighted by atomic mass is 16.5. The van der Waals surface area contributed by atoms with Gasteiger partial charge in [-0.2, -0.15) is 4.80 Å². The molecule has 1 aromatic heterocycles. The van der Waals surface area contributed by atoms with Gasteiger partial charge < -0.3 is 10.5 Å². The summed E-state index contributed by atoms with van der Waals surface area (Å²) >= 11 is 0. The number of aryl methyl sites for hydroxylation is 1. The van der Waals surface area contributed by atoms with E-state index in [4.69, 9.17) is 10.5 Å². The first-order valence-corrected chi connectivity index (χ1v) is 3.33. The zero-order chi connectivity index (χ0) is 8.10. The van der Waals surface area contributed by atoms with Crippen molar-refractivity contribution in [2.45, 2.75) is 6.61 Å². The predicted octanol–water partition coefficient (Wildman–Crippen LogP) is -1.31. The predicted molar refractivity (Wildman–Crippen MR) is 37.5 cm³/mol. The molecule has 0 aliphatic heterocycles. The van der Waals surface area contributed by atoms with Crippen molar-refractivity contribution in [2.24, 2.45) is 12.8 Å². The number of rotatable bonds is 4. The summed E-state index contributed by atoms with van der Waals surface area (Å²) in [5.74, 6) is 0.584. The van der Waals surface area contributed by atoms with Crippen LogP contribution in [0.4, 0.5) is 0 Å². The number of ether oxygens (including phenoxy) is 1. The van der Waals surface area contributed by atoms with E-state index in [2.05, 4.69) is 15.4 Å². The molecule has 0 saturated carbocycles. The first-order chi connectivity index (χ1) is 5.33. The molecule has 0 bridgehead atoms. The van der Waals surface area contributed by atoms with Crippen molar-refractivity contribution in [2.75, 3.05) is 13.2 Å². The van der Waals surface area contributed by atoms with Crippen LogP contribution in [0.3, 0.4) is 0 Å². The summed E-state index contributed by atoms with van der Waals surface area (Å²) in [6, 6.07) is 0. The number of aromatic nitrogens is 4. The van der Waals surface area contributed by atoms with Gasteiger partial charge in [-0.3, -0.25) is 0 Å². The van der Waals surface area contributed by atoms with Gasteiger partial charge in [0, 0.05) is 6.54 Å². The van der Waals surface area contributed by atoms with Gasteiger partial charge in [0.2, 0.25) is 0 Å². The van der Waals surface area contributed by atoms with Crippen LogP contribution in [0.2, 0.25) is 0 Å². The highest BCUT2D eigenvalue weighted by Crippen LogP contribution is 1.87.